The lowest BCUT2D eigenvalue weighted by Gasteiger charge is -2.19. The molecule has 0 aliphatic rings. The van der Waals surface area contributed by atoms with Gasteiger partial charge in [0.05, 0.1) is 5.69 Å². The average Bonchev–Trinajstić information content (AvgIpc) is 3.01. The van der Waals surface area contributed by atoms with Gasteiger partial charge in [-0.05, 0) is 69.2 Å². The van der Waals surface area contributed by atoms with Crippen molar-refractivity contribution >= 4 is 22.9 Å². The van der Waals surface area contributed by atoms with Crippen LogP contribution in [0.3, 0.4) is 0 Å². The van der Waals surface area contributed by atoms with Crippen molar-refractivity contribution in [1.29, 1.82) is 0 Å². The molecule has 0 unspecified atom stereocenters. The van der Waals surface area contributed by atoms with Crippen LogP contribution in [0.1, 0.15) is 63.4 Å². The van der Waals surface area contributed by atoms with Gasteiger partial charge in [0.2, 0.25) is 5.95 Å². The number of halogens is 2. The van der Waals surface area contributed by atoms with Crippen LogP contribution in [0.15, 0.2) is 53.3 Å². The Bertz CT molecular complexity index is 1580. The SMILES string of the molecule is CC.CCCNC(=O)c1cccc(-c2nc(NCCCN(CC)CC)nc3c2ccc(=O)n3-c2c(F)cccc2F)c1C. The summed E-state index contributed by atoms with van der Waals surface area (Å²) in [6, 6.07) is 11.6. The fourth-order valence-electron chi connectivity index (χ4n) is 4.83. The van der Waals surface area contributed by atoms with Gasteiger partial charge in [-0.1, -0.05) is 52.8 Å². The van der Waals surface area contributed by atoms with Crippen molar-refractivity contribution in [2.45, 2.75) is 54.4 Å². The highest BCUT2D eigenvalue weighted by atomic mass is 19.1. The monoisotopic (exact) mass is 592 g/mol. The van der Waals surface area contributed by atoms with Gasteiger partial charge in [-0.3, -0.25) is 14.2 Å². The van der Waals surface area contributed by atoms with Gasteiger partial charge in [0, 0.05) is 35.7 Å². The first kappa shape index (κ1) is 33.3. The number of pyridine rings is 1. The predicted molar refractivity (Wildman–Crippen MR) is 170 cm³/mol. The summed E-state index contributed by atoms with van der Waals surface area (Å²) in [7, 11) is 0. The minimum Gasteiger partial charge on any atom is -0.354 e. The average molecular weight is 593 g/mol. The third kappa shape index (κ3) is 7.62. The summed E-state index contributed by atoms with van der Waals surface area (Å²) < 4.78 is 30.9. The number of amides is 1. The molecule has 10 heteroatoms. The lowest BCUT2D eigenvalue weighted by Crippen LogP contribution is -2.26. The molecule has 0 radical (unpaired) electrons. The second-order valence-corrected chi connectivity index (χ2v) is 9.75. The maximum absolute atomic E-state index is 15.0. The van der Waals surface area contributed by atoms with Crippen LogP contribution in [-0.2, 0) is 0 Å². The molecule has 2 aromatic carbocycles. The van der Waals surface area contributed by atoms with Gasteiger partial charge < -0.3 is 15.5 Å². The van der Waals surface area contributed by atoms with Crippen LogP contribution in [0.4, 0.5) is 14.7 Å². The molecular formula is C33H42F2N6O2. The fourth-order valence-corrected chi connectivity index (χ4v) is 4.83. The quantitative estimate of drug-likeness (QED) is 0.187. The maximum Gasteiger partial charge on any atom is 0.256 e. The fraction of sp³-hybridized carbons (Fsp3) is 0.394. The van der Waals surface area contributed by atoms with Crippen LogP contribution in [0, 0.1) is 18.6 Å². The van der Waals surface area contributed by atoms with E-state index in [1.807, 2.05) is 33.8 Å². The molecule has 0 aliphatic carbocycles. The number of carbonyl (C=O) groups excluding carboxylic acids is 1. The smallest absolute Gasteiger partial charge is 0.256 e. The summed E-state index contributed by atoms with van der Waals surface area (Å²) in [6.07, 6.45) is 1.61. The Hall–Kier alpha value is -4.18. The molecule has 4 rings (SSSR count). The molecule has 230 valence electrons. The first-order chi connectivity index (χ1) is 20.8. The van der Waals surface area contributed by atoms with E-state index in [9.17, 15) is 18.4 Å². The molecule has 0 atom stereocenters. The summed E-state index contributed by atoms with van der Waals surface area (Å²) in [4.78, 5) is 37.7. The van der Waals surface area contributed by atoms with Crippen molar-refractivity contribution in [3.63, 3.8) is 0 Å². The number of carbonyl (C=O) groups is 1. The molecule has 2 N–H and O–H groups in total. The van der Waals surface area contributed by atoms with Crippen LogP contribution in [0.5, 0.6) is 0 Å². The molecule has 0 bridgehead atoms. The second kappa shape index (κ2) is 15.9. The highest BCUT2D eigenvalue weighted by Crippen LogP contribution is 2.32. The zero-order valence-electron chi connectivity index (χ0n) is 25.9. The molecule has 1 amide bonds. The number of aromatic nitrogens is 3. The van der Waals surface area contributed by atoms with E-state index in [-0.39, 0.29) is 17.5 Å². The second-order valence-electron chi connectivity index (χ2n) is 9.75. The molecule has 2 aromatic heterocycles. The van der Waals surface area contributed by atoms with Crippen molar-refractivity contribution in [2.24, 2.45) is 0 Å². The third-order valence-corrected chi connectivity index (χ3v) is 7.11. The van der Waals surface area contributed by atoms with Gasteiger partial charge >= 0.3 is 0 Å². The summed E-state index contributed by atoms with van der Waals surface area (Å²) in [5.74, 6) is -1.77. The van der Waals surface area contributed by atoms with E-state index in [0.717, 1.165) is 49.2 Å². The molecule has 0 fully saturated rings. The Kier molecular flexibility index (Phi) is 12.3. The molecule has 0 spiro atoms. The van der Waals surface area contributed by atoms with E-state index in [2.05, 4.69) is 34.4 Å². The molecule has 2 heterocycles. The first-order valence-corrected chi connectivity index (χ1v) is 15.0. The predicted octanol–water partition coefficient (Wildman–Crippen LogP) is 6.34. The van der Waals surface area contributed by atoms with Crippen molar-refractivity contribution < 1.29 is 13.6 Å². The number of fused-ring (bicyclic) bond motifs is 1. The number of hydrogen-bond donors (Lipinski definition) is 2. The van der Waals surface area contributed by atoms with E-state index in [4.69, 9.17) is 4.98 Å². The molecular weight excluding hydrogens is 550 g/mol. The summed E-state index contributed by atoms with van der Waals surface area (Å²) >= 11 is 0. The zero-order chi connectivity index (χ0) is 31.5. The van der Waals surface area contributed by atoms with Crippen LogP contribution in [0.2, 0.25) is 0 Å². The lowest BCUT2D eigenvalue weighted by atomic mass is 9.97. The van der Waals surface area contributed by atoms with Crippen molar-refractivity contribution in [1.82, 2.24) is 24.8 Å². The van der Waals surface area contributed by atoms with Gasteiger partial charge in [-0.2, -0.15) is 4.98 Å². The Morgan fingerprint density at radius 1 is 0.930 bits per heavy atom. The molecule has 0 aliphatic heterocycles. The van der Waals surface area contributed by atoms with E-state index in [0.29, 0.717) is 40.9 Å². The molecule has 8 nitrogen and oxygen atoms in total. The van der Waals surface area contributed by atoms with Gasteiger partial charge in [0.25, 0.3) is 11.5 Å². The van der Waals surface area contributed by atoms with Gasteiger partial charge in [0.1, 0.15) is 17.3 Å². The normalized spacial score (nSPS) is 10.9. The van der Waals surface area contributed by atoms with E-state index in [1.54, 1.807) is 18.2 Å². The number of benzene rings is 2. The third-order valence-electron chi connectivity index (χ3n) is 7.11. The standard InChI is InChI=1S/C31H36F2N6O2.C2H6/c1-5-17-34-30(41)22-12-8-11-21(20(22)4)27-23-15-16-26(40)39(28-24(32)13-9-14-25(28)33)29(23)37-31(36-27)35-18-10-19-38(6-2)7-3;1-2/h8-9,11-16H,5-7,10,17-19H2,1-4H3,(H,34,41)(H,35,36,37);1-2H3. The Morgan fingerprint density at radius 3 is 2.26 bits per heavy atom. The number of nitrogens with zero attached hydrogens (tertiary/aromatic N) is 4. The van der Waals surface area contributed by atoms with E-state index >= 15 is 0 Å². The van der Waals surface area contributed by atoms with Crippen LogP contribution < -0.4 is 16.2 Å². The summed E-state index contributed by atoms with van der Waals surface area (Å²) in [5.41, 5.74) is 1.17. The van der Waals surface area contributed by atoms with Crippen molar-refractivity contribution in [3.8, 4) is 16.9 Å². The Labute approximate surface area is 252 Å². The minimum absolute atomic E-state index is 0.0537. The number of nitrogens with one attached hydrogen (secondary N) is 2. The topological polar surface area (TPSA) is 92.2 Å². The minimum atomic E-state index is -0.890. The summed E-state index contributed by atoms with van der Waals surface area (Å²) in [5, 5.41) is 6.55. The molecule has 4 aromatic rings. The Morgan fingerprint density at radius 2 is 1.60 bits per heavy atom. The van der Waals surface area contributed by atoms with E-state index < -0.39 is 22.9 Å². The lowest BCUT2D eigenvalue weighted by molar-refractivity contribution is 0.0953. The van der Waals surface area contributed by atoms with Crippen molar-refractivity contribution in [3.05, 3.63) is 81.6 Å². The molecule has 0 saturated heterocycles. The van der Waals surface area contributed by atoms with Crippen LogP contribution >= 0.6 is 0 Å². The molecule has 0 saturated carbocycles. The van der Waals surface area contributed by atoms with Gasteiger partial charge in [0.15, 0.2) is 5.65 Å². The zero-order valence-corrected chi connectivity index (χ0v) is 25.9. The van der Waals surface area contributed by atoms with E-state index in [1.165, 1.54) is 12.1 Å². The van der Waals surface area contributed by atoms with Crippen molar-refractivity contribution in [2.75, 3.05) is 38.0 Å². The van der Waals surface area contributed by atoms with Crippen LogP contribution in [0.25, 0.3) is 28.0 Å². The Balaban J connectivity index is 0.00000248. The van der Waals surface area contributed by atoms with Gasteiger partial charge in [-0.15, -0.1) is 0 Å². The highest BCUT2D eigenvalue weighted by molar-refractivity contribution is 6.00. The number of anilines is 1. The highest BCUT2D eigenvalue weighted by Gasteiger charge is 2.21. The molecule has 43 heavy (non-hydrogen) atoms. The summed E-state index contributed by atoms with van der Waals surface area (Å²) in [6.45, 7) is 15.9. The van der Waals surface area contributed by atoms with Gasteiger partial charge in [-0.25, -0.2) is 13.8 Å². The maximum atomic E-state index is 15.0. The number of rotatable bonds is 12. The number of hydrogen-bond acceptors (Lipinski definition) is 6. The first-order valence-electron chi connectivity index (χ1n) is 15.0. The largest absolute Gasteiger partial charge is 0.354 e. The number of para-hydroxylation sites is 1. The van der Waals surface area contributed by atoms with Crippen LogP contribution in [-0.4, -0.2) is 58.1 Å².